The van der Waals surface area contributed by atoms with Gasteiger partial charge in [-0.05, 0) is 116 Å². The Morgan fingerprint density at radius 1 is 1.11 bits per heavy atom. The molecule has 5 aliphatic rings. The van der Waals surface area contributed by atoms with Crippen LogP contribution in [0.4, 0.5) is 0 Å². The summed E-state index contributed by atoms with van der Waals surface area (Å²) in [5.74, 6) is 4.12. The van der Waals surface area contributed by atoms with Crippen molar-refractivity contribution in [2.75, 3.05) is 6.61 Å². The molecule has 0 heterocycles. The van der Waals surface area contributed by atoms with Crippen LogP contribution in [-0.4, -0.2) is 18.2 Å². The molecule has 4 fully saturated rings. The van der Waals surface area contributed by atoms with Gasteiger partial charge in [-0.25, -0.2) is 0 Å². The molecule has 0 radical (unpaired) electrons. The van der Waals surface area contributed by atoms with Gasteiger partial charge in [-0.1, -0.05) is 44.0 Å². The minimum atomic E-state index is 0.0713. The summed E-state index contributed by atoms with van der Waals surface area (Å²) in [5, 5.41) is 0. The van der Waals surface area contributed by atoms with Crippen molar-refractivity contribution < 1.29 is 14.3 Å². The van der Waals surface area contributed by atoms with Gasteiger partial charge in [0.1, 0.15) is 12.4 Å². The van der Waals surface area contributed by atoms with Crippen molar-refractivity contribution in [2.45, 2.75) is 86.0 Å². The molecule has 5 aliphatic carbocycles. The van der Waals surface area contributed by atoms with Gasteiger partial charge in [0.15, 0.2) is 11.6 Å². The number of aryl methyl sites for hydroxylation is 2. The first-order chi connectivity index (χ1) is 16.6. The first-order valence-electron chi connectivity index (χ1n) is 14.0. The number of carbonyl (C=O) groups is 2. The van der Waals surface area contributed by atoms with E-state index in [0.29, 0.717) is 47.1 Å². The van der Waals surface area contributed by atoms with Crippen LogP contribution in [0.1, 0.15) is 83.3 Å². The van der Waals surface area contributed by atoms with E-state index >= 15 is 0 Å². The summed E-state index contributed by atoms with van der Waals surface area (Å²) in [7, 11) is 0. The summed E-state index contributed by atoms with van der Waals surface area (Å²) >= 11 is 0. The van der Waals surface area contributed by atoms with Crippen molar-refractivity contribution in [1.29, 1.82) is 0 Å². The van der Waals surface area contributed by atoms with E-state index in [-0.39, 0.29) is 23.4 Å². The van der Waals surface area contributed by atoms with Crippen LogP contribution >= 0.6 is 0 Å². The lowest BCUT2D eigenvalue weighted by molar-refractivity contribution is -0.140. The molecule has 7 atom stereocenters. The summed E-state index contributed by atoms with van der Waals surface area (Å²) in [6.45, 7) is 11.7. The minimum Gasteiger partial charge on any atom is -0.486 e. The summed E-state index contributed by atoms with van der Waals surface area (Å²) in [6.07, 6.45) is 10.9. The number of rotatable bonds is 4. The fourth-order valence-electron chi connectivity index (χ4n) is 10.2. The van der Waals surface area contributed by atoms with Gasteiger partial charge < -0.3 is 4.74 Å². The van der Waals surface area contributed by atoms with E-state index in [9.17, 15) is 9.59 Å². The topological polar surface area (TPSA) is 43.4 Å². The highest BCUT2D eigenvalue weighted by molar-refractivity contribution is 5.91. The lowest BCUT2D eigenvalue weighted by atomic mass is 9.42. The summed E-state index contributed by atoms with van der Waals surface area (Å²) in [6, 6.07) is 6.19. The quantitative estimate of drug-likeness (QED) is 0.470. The molecule has 0 bridgehead atoms. The zero-order chi connectivity index (χ0) is 24.8. The molecule has 4 saturated carbocycles. The maximum atomic E-state index is 13.7. The van der Waals surface area contributed by atoms with E-state index in [1.165, 1.54) is 36.8 Å². The number of carbonyl (C=O) groups excluding carboxylic acids is 2. The van der Waals surface area contributed by atoms with Crippen LogP contribution in [0.25, 0.3) is 0 Å². The second-order valence-corrected chi connectivity index (χ2v) is 13.6. The third-order valence-corrected chi connectivity index (χ3v) is 11.4. The highest BCUT2D eigenvalue weighted by atomic mass is 16.5. The first-order valence-corrected chi connectivity index (χ1v) is 14.0. The number of ketones is 2. The van der Waals surface area contributed by atoms with Crippen molar-refractivity contribution in [3.8, 4) is 5.75 Å². The van der Waals surface area contributed by atoms with Crippen LogP contribution in [0.15, 0.2) is 29.8 Å². The molecular formula is C32H42O3. The molecule has 1 aromatic carbocycles. The van der Waals surface area contributed by atoms with Crippen molar-refractivity contribution in [3.63, 3.8) is 0 Å². The van der Waals surface area contributed by atoms with Crippen LogP contribution in [-0.2, 0) is 9.59 Å². The molecule has 35 heavy (non-hydrogen) atoms. The predicted octanol–water partition coefficient (Wildman–Crippen LogP) is 7.04. The minimum absolute atomic E-state index is 0.0713. The summed E-state index contributed by atoms with van der Waals surface area (Å²) in [4.78, 5) is 26.0. The second-order valence-electron chi connectivity index (χ2n) is 13.6. The molecule has 0 amide bonds. The maximum Gasteiger partial charge on any atom is 0.173 e. The second kappa shape index (κ2) is 7.80. The number of ether oxygens (including phenoxy) is 1. The van der Waals surface area contributed by atoms with E-state index in [1.807, 2.05) is 12.1 Å². The van der Waals surface area contributed by atoms with E-state index < -0.39 is 0 Å². The van der Waals surface area contributed by atoms with Crippen molar-refractivity contribution in [2.24, 2.45) is 45.8 Å². The molecule has 1 spiro atoms. The van der Waals surface area contributed by atoms with Crippen molar-refractivity contribution in [3.05, 3.63) is 41.0 Å². The molecule has 1 aromatic rings. The van der Waals surface area contributed by atoms with Gasteiger partial charge in [0, 0.05) is 12.3 Å². The van der Waals surface area contributed by atoms with Crippen LogP contribution in [0.3, 0.4) is 0 Å². The average Bonchev–Trinajstić information content (AvgIpc) is 3.49. The van der Waals surface area contributed by atoms with Gasteiger partial charge in [0.2, 0.25) is 0 Å². The Labute approximate surface area is 211 Å². The maximum absolute atomic E-state index is 13.7. The molecule has 3 nitrogen and oxygen atoms in total. The Kier molecular flexibility index (Phi) is 5.23. The highest BCUT2D eigenvalue weighted by Crippen LogP contribution is 2.78. The normalized spacial score (nSPS) is 41.0. The number of Topliss-reactive ketones (excluding diaryl/α,β-unsaturated/α-hetero) is 1. The predicted molar refractivity (Wildman–Crippen MR) is 138 cm³/mol. The molecule has 3 heteroatoms. The molecular weight excluding hydrogens is 432 g/mol. The average molecular weight is 475 g/mol. The number of allylic oxidation sites excluding steroid dienone is 1. The van der Waals surface area contributed by atoms with Crippen LogP contribution in [0, 0.1) is 59.7 Å². The molecule has 0 N–H and O–H groups in total. The van der Waals surface area contributed by atoms with Crippen molar-refractivity contribution in [1.82, 2.24) is 0 Å². The van der Waals surface area contributed by atoms with Gasteiger partial charge in [0.05, 0.1) is 0 Å². The van der Waals surface area contributed by atoms with E-state index in [2.05, 4.69) is 46.8 Å². The molecule has 0 aliphatic heterocycles. The number of hydrogen-bond acceptors (Lipinski definition) is 3. The third-order valence-electron chi connectivity index (χ3n) is 11.4. The standard InChI is InChI=1S/C32H42O3/c1-19-6-9-27(20(2)14-19)35-17-26(34)25-15-21(3)28-24-8-7-22-16-23(33)10-11-30(22,4)29(24)32(12-13-32)18-31(25,28)5/h6,9,14,16,21,24-25,28-29H,7-8,10-13,15,17-18H2,1-5H3. The molecule has 0 aromatic heterocycles. The van der Waals surface area contributed by atoms with Crippen LogP contribution < -0.4 is 4.74 Å². The number of hydrogen-bond donors (Lipinski definition) is 0. The largest absolute Gasteiger partial charge is 0.486 e. The molecule has 188 valence electrons. The molecule has 7 unspecified atom stereocenters. The summed E-state index contributed by atoms with van der Waals surface area (Å²) in [5.41, 5.74) is 4.40. The monoisotopic (exact) mass is 474 g/mol. The Bertz CT molecular complexity index is 1110. The van der Waals surface area contributed by atoms with Gasteiger partial charge >= 0.3 is 0 Å². The molecule has 0 saturated heterocycles. The van der Waals surface area contributed by atoms with Gasteiger partial charge in [0.25, 0.3) is 0 Å². The van der Waals surface area contributed by atoms with Gasteiger partial charge in [-0.2, -0.15) is 0 Å². The SMILES string of the molecule is Cc1ccc(OCC(=O)C2CC(C)C3C4CCC5=CC(=O)CCC5(C)C4C4(CC4)CC23C)c(C)c1. The Hall–Kier alpha value is -1.90. The van der Waals surface area contributed by atoms with Gasteiger partial charge in [-0.3, -0.25) is 9.59 Å². The fraction of sp³-hybridized carbons (Fsp3) is 0.688. The highest BCUT2D eigenvalue weighted by Gasteiger charge is 2.71. The smallest absolute Gasteiger partial charge is 0.173 e. The fourth-order valence-corrected chi connectivity index (χ4v) is 10.2. The van der Waals surface area contributed by atoms with Crippen LogP contribution in [0.2, 0.25) is 0 Å². The molecule has 6 rings (SSSR count). The van der Waals surface area contributed by atoms with E-state index in [0.717, 1.165) is 30.6 Å². The van der Waals surface area contributed by atoms with Gasteiger partial charge in [-0.15, -0.1) is 0 Å². The van der Waals surface area contributed by atoms with E-state index in [1.54, 1.807) is 0 Å². The van der Waals surface area contributed by atoms with Crippen LogP contribution in [0.5, 0.6) is 5.75 Å². The Morgan fingerprint density at radius 2 is 1.89 bits per heavy atom. The van der Waals surface area contributed by atoms with E-state index in [4.69, 9.17) is 4.74 Å². The third kappa shape index (κ3) is 3.43. The van der Waals surface area contributed by atoms with Crippen molar-refractivity contribution >= 4 is 11.6 Å². The number of fused-ring (bicyclic) bond motifs is 6. The zero-order valence-electron chi connectivity index (χ0n) is 22.3. The Morgan fingerprint density at radius 3 is 2.60 bits per heavy atom. The lowest BCUT2D eigenvalue weighted by Crippen LogP contribution is -2.56. The summed E-state index contributed by atoms with van der Waals surface area (Å²) < 4.78 is 6.11. The first kappa shape index (κ1) is 23.5. The Balaban J connectivity index is 1.28. The zero-order valence-corrected chi connectivity index (χ0v) is 22.3. The lowest BCUT2D eigenvalue weighted by Gasteiger charge is -2.62. The number of benzene rings is 1.